The lowest BCUT2D eigenvalue weighted by Gasteiger charge is -2.31. The van der Waals surface area contributed by atoms with Gasteiger partial charge in [-0.3, -0.25) is 9.69 Å². The molecule has 2 aliphatic heterocycles. The number of hydrogen-bond donors (Lipinski definition) is 2. The summed E-state index contributed by atoms with van der Waals surface area (Å²) in [5, 5.41) is 25.3. The van der Waals surface area contributed by atoms with Crippen LogP contribution in [0.1, 0.15) is 75.4 Å². The van der Waals surface area contributed by atoms with Gasteiger partial charge in [-0.15, -0.1) is 0 Å². The third kappa shape index (κ3) is 4.70. The number of carboxylic acid groups (broad SMARTS) is 1. The van der Waals surface area contributed by atoms with Gasteiger partial charge in [0.1, 0.15) is 5.82 Å². The molecule has 1 aromatic carbocycles. The van der Waals surface area contributed by atoms with Crippen molar-refractivity contribution in [3.05, 3.63) is 47.5 Å². The number of carbonyl (C=O) groups is 1. The molecule has 3 atom stereocenters. The number of carboxylic acids is 1. The minimum atomic E-state index is -0.807. The molecule has 0 radical (unpaired) electrons. The Kier molecular flexibility index (Phi) is 6.36. The van der Waals surface area contributed by atoms with Gasteiger partial charge in [-0.25, -0.2) is 13.9 Å². The maximum absolute atomic E-state index is 15.3. The van der Waals surface area contributed by atoms with Crippen LogP contribution in [0.15, 0.2) is 30.3 Å². The molecule has 1 unspecified atom stereocenters. The Balaban J connectivity index is 1.32. The zero-order valence-electron chi connectivity index (χ0n) is 21.2. The van der Waals surface area contributed by atoms with Crippen molar-refractivity contribution in [2.45, 2.75) is 70.1 Å². The van der Waals surface area contributed by atoms with E-state index in [-0.39, 0.29) is 6.04 Å². The number of anilines is 1. The molecule has 8 nitrogen and oxygen atoms in total. The molecule has 4 heterocycles. The van der Waals surface area contributed by atoms with Gasteiger partial charge in [0.15, 0.2) is 11.9 Å². The SMILES string of the molecule is C[C@@H]1CCCCCN1C(O)c1cc(C2CC2)n2nc(-c3ccc(N4CC[C@H](C(=O)O)C4)cc3F)cc2n1. The van der Waals surface area contributed by atoms with Crippen LogP contribution in [0.4, 0.5) is 10.1 Å². The molecule has 0 amide bonds. The van der Waals surface area contributed by atoms with Crippen LogP contribution in [0.25, 0.3) is 16.9 Å². The minimum Gasteiger partial charge on any atom is -0.481 e. The Hall–Kier alpha value is -3.04. The van der Waals surface area contributed by atoms with Gasteiger partial charge in [0, 0.05) is 54.6 Å². The van der Waals surface area contributed by atoms with Crippen molar-refractivity contribution in [1.29, 1.82) is 0 Å². The highest BCUT2D eigenvalue weighted by Crippen LogP contribution is 2.41. The molecule has 6 rings (SSSR count). The van der Waals surface area contributed by atoms with Crippen LogP contribution in [0.3, 0.4) is 0 Å². The van der Waals surface area contributed by atoms with E-state index in [0.717, 1.165) is 37.9 Å². The Bertz CT molecular complexity index is 1320. The lowest BCUT2D eigenvalue weighted by atomic mass is 10.1. The van der Waals surface area contributed by atoms with Crippen molar-refractivity contribution in [1.82, 2.24) is 19.5 Å². The highest BCUT2D eigenvalue weighted by atomic mass is 19.1. The van der Waals surface area contributed by atoms with E-state index in [1.807, 2.05) is 17.0 Å². The van der Waals surface area contributed by atoms with E-state index < -0.39 is 23.9 Å². The van der Waals surface area contributed by atoms with Crippen molar-refractivity contribution < 1.29 is 19.4 Å². The van der Waals surface area contributed by atoms with Gasteiger partial charge in [-0.1, -0.05) is 12.8 Å². The van der Waals surface area contributed by atoms with Crippen LogP contribution in [-0.4, -0.2) is 61.4 Å². The third-order valence-corrected chi connectivity index (χ3v) is 8.28. The van der Waals surface area contributed by atoms with Gasteiger partial charge in [0.05, 0.1) is 17.3 Å². The first-order chi connectivity index (χ1) is 17.9. The average molecular weight is 508 g/mol. The number of aliphatic hydroxyl groups excluding tert-OH is 1. The first kappa shape index (κ1) is 24.3. The van der Waals surface area contributed by atoms with E-state index in [0.29, 0.717) is 53.7 Å². The topological polar surface area (TPSA) is 94.2 Å². The number of aromatic nitrogens is 3. The van der Waals surface area contributed by atoms with Crippen molar-refractivity contribution >= 4 is 17.3 Å². The number of rotatable bonds is 6. The summed E-state index contributed by atoms with van der Waals surface area (Å²) in [6, 6.07) is 9.07. The molecule has 2 saturated heterocycles. The fourth-order valence-corrected chi connectivity index (χ4v) is 5.89. The van der Waals surface area contributed by atoms with E-state index >= 15 is 4.39 Å². The molecular formula is C28H34FN5O3. The molecule has 2 aromatic heterocycles. The van der Waals surface area contributed by atoms with Gasteiger partial charge in [-0.05, 0) is 63.3 Å². The summed E-state index contributed by atoms with van der Waals surface area (Å²) in [5.41, 5.74) is 3.83. The summed E-state index contributed by atoms with van der Waals surface area (Å²) in [6.07, 6.45) is 6.42. The number of nitrogens with zero attached hydrogens (tertiary/aromatic N) is 5. The van der Waals surface area contributed by atoms with E-state index in [1.165, 1.54) is 18.9 Å². The lowest BCUT2D eigenvalue weighted by molar-refractivity contribution is -0.140. The van der Waals surface area contributed by atoms with Crippen molar-refractivity contribution in [2.24, 2.45) is 5.92 Å². The molecule has 2 N–H and O–H groups in total. The Morgan fingerprint density at radius 3 is 2.65 bits per heavy atom. The molecule has 9 heteroatoms. The Morgan fingerprint density at radius 1 is 1.08 bits per heavy atom. The third-order valence-electron chi connectivity index (χ3n) is 8.28. The van der Waals surface area contributed by atoms with E-state index in [1.54, 1.807) is 16.6 Å². The molecule has 0 spiro atoms. The second-order valence-corrected chi connectivity index (χ2v) is 10.9. The molecule has 196 valence electrons. The van der Waals surface area contributed by atoms with Crippen LogP contribution < -0.4 is 4.90 Å². The van der Waals surface area contributed by atoms with Gasteiger partial charge in [0.25, 0.3) is 0 Å². The van der Waals surface area contributed by atoms with Crippen molar-refractivity contribution in [2.75, 3.05) is 24.5 Å². The number of likely N-dealkylation sites (tertiary alicyclic amines) is 1. The minimum absolute atomic E-state index is 0.286. The highest BCUT2D eigenvalue weighted by Gasteiger charge is 2.32. The fourth-order valence-electron chi connectivity index (χ4n) is 5.89. The van der Waals surface area contributed by atoms with E-state index in [9.17, 15) is 15.0 Å². The van der Waals surface area contributed by atoms with Gasteiger partial charge in [-0.2, -0.15) is 5.10 Å². The van der Waals surface area contributed by atoms with Crippen LogP contribution in [-0.2, 0) is 4.79 Å². The summed E-state index contributed by atoms with van der Waals surface area (Å²) in [4.78, 5) is 20.2. The largest absolute Gasteiger partial charge is 0.481 e. The monoisotopic (exact) mass is 507 g/mol. The number of aliphatic carboxylic acids is 1. The quantitative estimate of drug-likeness (QED) is 0.504. The van der Waals surface area contributed by atoms with E-state index in [2.05, 4.69) is 11.8 Å². The van der Waals surface area contributed by atoms with Crippen molar-refractivity contribution in [3.8, 4) is 11.3 Å². The number of aliphatic hydroxyl groups is 1. The van der Waals surface area contributed by atoms with Crippen molar-refractivity contribution in [3.63, 3.8) is 0 Å². The van der Waals surface area contributed by atoms with Gasteiger partial charge >= 0.3 is 5.97 Å². The summed E-state index contributed by atoms with van der Waals surface area (Å²) in [6.45, 7) is 4.00. The Labute approximate surface area is 215 Å². The summed E-state index contributed by atoms with van der Waals surface area (Å²) in [7, 11) is 0. The molecule has 3 aliphatic rings. The normalized spacial score (nSPS) is 23.9. The predicted molar refractivity (Wildman–Crippen MR) is 138 cm³/mol. The second kappa shape index (κ2) is 9.68. The first-order valence-electron chi connectivity index (χ1n) is 13.5. The number of halogens is 1. The number of hydrogen-bond acceptors (Lipinski definition) is 6. The molecule has 1 saturated carbocycles. The maximum Gasteiger partial charge on any atom is 0.308 e. The van der Waals surface area contributed by atoms with Crippen LogP contribution in [0, 0.1) is 11.7 Å². The molecule has 37 heavy (non-hydrogen) atoms. The smallest absolute Gasteiger partial charge is 0.308 e. The highest BCUT2D eigenvalue weighted by molar-refractivity contribution is 5.73. The van der Waals surface area contributed by atoms with Crippen LogP contribution in [0.5, 0.6) is 0 Å². The predicted octanol–water partition coefficient (Wildman–Crippen LogP) is 4.58. The first-order valence-corrected chi connectivity index (χ1v) is 13.5. The van der Waals surface area contributed by atoms with Gasteiger partial charge < -0.3 is 15.1 Å². The number of fused-ring (bicyclic) bond motifs is 1. The zero-order chi connectivity index (χ0) is 25.7. The molecular weight excluding hydrogens is 473 g/mol. The molecule has 0 bridgehead atoms. The molecule has 3 fully saturated rings. The van der Waals surface area contributed by atoms with Crippen LogP contribution in [0.2, 0.25) is 0 Å². The van der Waals surface area contributed by atoms with E-state index in [4.69, 9.17) is 10.1 Å². The maximum atomic E-state index is 15.3. The standard InChI is InChI=1S/C28H34FN5O3/c1-17-5-3-2-4-11-33(17)27(35)24-14-25(18-6-7-18)34-26(30-24)15-23(31-34)21-9-8-20(13-22(21)29)32-12-10-19(16-32)28(36)37/h8-9,13-15,17-19,27,35H,2-7,10-12,16H2,1H3,(H,36,37)/t17-,19+,27?/m1/s1. The molecule has 1 aliphatic carbocycles. The summed E-state index contributed by atoms with van der Waals surface area (Å²) >= 11 is 0. The Morgan fingerprint density at radius 2 is 1.92 bits per heavy atom. The fraction of sp³-hybridized carbons (Fsp3) is 0.536. The summed E-state index contributed by atoms with van der Waals surface area (Å²) < 4.78 is 17.1. The van der Waals surface area contributed by atoms with Crippen LogP contribution >= 0.6 is 0 Å². The summed E-state index contributed by atoms with van der Waals surface area (Å²) in [5.74, 6) is -1.25. The zero-order valence-corrected chi connectivity index (χ0v) is 21.2. The van der Waals surface area contributed by atoms with Gasteiger partial charge in [0.2, 0.25) is 0 Å². The second-order valence-electron chi connectivity index (χ2n) is 10.9. The number of benzene rings is 1. The molecule has 3 aromatic rings. The average Bonchev–Trinajstić information content (AvgIpc) is 3.50. The lowest BCUT2D eigenvalue weighted by Crippen LogP contribution is -2.36.